The van der Waals surface area contributed by atoms with Crippen molar-refractivity contribution in [2.75, 3.05) is 0 Å². The number of hydrogen-bond donors (Lipinski definition) is 0. The van der Waals surface area contributed by atoms with E-state index in [1.807, 2.05) is 66.7 Å². The summed E-state index contributed by atoms with van der Waals surface area (Å²) >= 11 is 0. The Labute approximate surface area is 654 Å². The van der Waals surface area contributed by atoms with Crippen LogP contribution in [0.5, 0.6) is 11.5 Å². The number of para-hydroxylation sites is 6. The Morgan fingerprint density at radius 1 is 0.254 bits per heavy atom. The highest BCUT2D eigenvalue weighted by atomic mass is 16.5. The summed E-state index contributed by atoms with van der Waals surface area (Å²) in [5, 5.41) is 6.56. The van der Waals surface area contributed by atoms with Crippen LogP contribution in [-0.2, 0) is 0 Å². The second-order valence-electron chi connectivity index (χ2n) is 29.4. The van der Waals surface area contributed by atoms with Gasteiger partial charge < -0.3 is 27.4 Å². The number of furan rings is 2. The summed E-state index contributed by atoms with van der Waals surface area (Å²) in [6.07, 6.45) is 8.80. The van der Waals surface area contributed by atoms with Gasteiger partial charge in [-0.05, 0) is 144 Å². The Kier molecular flexibility index (Phi) is 14.9. The van der Waals surface area contributed by atoms with E-state index in [1.165, 1.54) is 32.9 Å². The van der Waals surface area contributed by atoms with Crippen molar-refractivity contribution in [1.29, 1.82) is 0 Å². The van der Waals surface area contributed by atoms with Gasteiger partial charge in [-0.25, -0.2) is 29.9 Å². The van der Waals surface area contributed by atoms with Crippen molar-refractivity contribution in [3.05, 3.63) is 386 Å². The molecule has 8 heterocycles. The maximum absolute atomic E-state index is 6.88. The van der Waals surface area contributed by atoms with Crippen molar-refractivity contribution in [2.45, 2.75) is 24.0 Å². The monoisotopic (exact) mass is 1460 g/mol. The van der Waals surface area contributed by atoms with E-state index in [0.717, 1.165) is 145 Å². The number of rotatable bonds is 10. The first-order chi connectivity index (χ1) is 56.5. The standard InChI is InChI=1S/2C51H32N4O2/c1-3-13-31(14-4-1)32-15-11-16-33(29-32)49-52-50(54-51(53-49)39-21-12-24-45-46(39)38-20-8-10-23-43(38)56-45)34-25-28-44-40(30-34)36-26-27-42-47(48(36)57-44)37-19-7-9-22-41(37)55(42)35-17-5-2-6-18-35;1-3-11-31(12-4-1)32-19-21-33(22-20-32)49-52-50(54-51(53-49)35-23-25-38-37-15-8-10-18-44(37)56-46(38)30-35)34-24-28-45-41(29-34)39-26-27-43-47(48(39)57-45)40-16-7-9-17-42(40)55(43)36-13-5-2-6-14-36/h1-30,36,48H;1-30,39,48H. The van der Waals surface area contributed by atoms with Crippen molar-refractivity contribution in [1.82, 2.24) is 39.0 Å². The Hall–Kier alpha value is -15.1. The van der Waals surface area contributed by atoms with Crippen LogP contribution in [0.3, 0.4) is 0 Å². The first-order valence-electron chi connectivity index (χ1n) is 38.5. The highest BCUT2D eigenvalue weighted by molar-refractivity contribution is 6.12. The molecule has 20 aromatic rings. The summed E-state index contributed by atoms with van der Waals surface area (Å²) in [7, 11) is 0. The molecule has 2 aliphatic heterocycles. The minimum Gasteiger partial charge on any atom is -0.484 e. The summed E-state index contributed by atoms with van der Waals surface area (Å²) in [6.45, 7) is 0. The number of hydrogen-bond acceptors (Lipinski definition) is 10. The van der Waals surface area contributed by atoms with Crippen LogP contribution in [-0.4, -0.2) is 39.0 Å². The van der Waals surface area contributed by atoms with Crippen molar-refractivity contribution >= 4 is 77.8 Å². The molecule has 0 saturated heterocycles. The number of aromatic nitrogens is 8. The van der Waals surface area contributed by atoms with Crippen molar-refractivity contribution in [2.24, 2.45) is 0 Å². The molecule has 0 N–H and O–H groups in total. The topological polar surface area (TPSA) is 132 Å². The van der Waals surface area contributed by atoms with E-state index in [-0.39, 0.29) is 24.0 Å². The molecule has 0 bridgehead atoms. The Morgan fingerprint density at radius 2 is 0.632 bits per heavy atom. The predicted molar refractivity (Wildman–Crippen MR) is 455 cm³/mol. The lowest BCUT2D eigenvalue weighted by atomic mass is 9.85. The Bertz CT molecular complexity index is 7330. The maximum Gasteiger partial charge on any atom is 0.164 e. The zero-order chi connectivity index (χ0) is 74.9. The maximum atomic E-state index is 6.88. The predicted octanol–water partition coefficient (Wildman–Crippen LogP) is 25.3. The van der Waals surface area contributed by atoms with E-state index in [9.17, 15) is 0 Å². The van der Waals surface area contributed by atoms with Crippen molar-refractivity contribution in [3.63, 3.8) is 0 Å². The zero-order valence-electron chi connectivity index (χ0n) is 61.2. The summed E-state index contributed by atoms with van der Waals surface area (Å²) in [5.41, 5.74) is 24.7. The van der Waals surface area contributed by atoms with Crippen LogP contribution in [0.15, 0.2) is 361 Å². The number of fused-ring (bicyclic) bond motifs is 20. The van der Waals surface area contributed by atoms with Crippen molar-refractivity contribution in [3.8, 4) is 113 Å². The van der Waals surface area contributed by atoms with Crippen LogP contribution in [0.4, 0.5) is 0 Å². The van der Waals surface area contributed by atoms with Gasteiger partial charge in [0.25, 0.3) is 0 Å². The van der Waals surface area contributed by atoms with Crippen LogP contribution in [0.2, 0.25) is 0 Å². The number of nitrogens with zero attached hydrogens (tertiary/aromatic N) is 8. The second kappa shape index (κ2) is 26.3. The highest BCUT2D eigenvalue weighted by Crippen LogP contribution is 2.56. The number of benzene rings is 14. The van der Waals surface area contributed by atoms with Crippen molar-refractivity contribution < 1.29 is 18.3 Å². The first kappa shape index (κ1) is 64.8. The van der Waals surface area contributed by atoms with E-state index in [4.69, 9.17) is 48.2 Å². The Morgan fingerprint density at radius 3 is 1.20 bits per heavy atom. The zero-order valence-corrected chi connectivity index (χ0v) is 61.2. The molecule has 2 aliphatic carbocycles. The van der Waals surface area contributed by atoms with Gasteiger partial charge in [0, 0.05) is 111 Å². The van der Waals surface area contributed by atoms with E-state index in [2.05, 4.69) is 306 Å². The molecule has 6 aromatic heterocycles. The lowest BCUT2D eigenvalue weighted by Gasteiger charge is -2.22. The van der Waals surface area contributed by atoms with Crippen LogP contribution in [0.1, 0.15) is 57.7 Å². The number of ether oxygens (including phenoxy) is 2. The molecule has 536 valence electrons. The minimum atomic E-state index is -0.165. The van der Waals surface area contributed by atoms with Gasteiger partial charge in [0.2, 0.25) is 0 Å². The Balaban J connectivity index is 0.000000135. The molecule has 0 spiro atoms. The molecule has 0 fully saturated rings. The quantitative estimate of drug-likeness (QED) is 0.130. The first-order valence-corrected chi connectivity index (χ1v) is 38.5. The van der Waals surface area contributed by atoms with E-state index in [0.29, 0.717) is 34.9 Å². The van der Waals surface area contributed by atoms with Gasteiger partial charge in [0.1, 0.15) is 46.0 Å². The molecule has 12 nitrogen and oxygen atoms in total. The van der Waals surface area contributed by atoms with Gasteiger partial charge in [-0.15, -0.1) is 0 Å². The summed E-state index contributed by atoms with van der Waals surface area (Å²) in [6, 6.07) is 117. The fourth-order valence-corrected chi connectivity index (χ4v) is 17.6. The molecule has 0 saturated carbocycles. The van der Waals surface area contributed by atoms with Gasteiger partial charge in [0.05, 0.1) is 22.4 Å². The molecule has 4 aliphatic rings. The van der Waals surface area contributed by atoms with Gasteiger partial charge in [-0.3, -0.25) is 0 Å². The largest absolute Gasteiger partial charge is 0.484 e. The molecule has 4 atom stereocenters. The van der Waals surface area contributed by atoms with Crippen LogP contribution < -0.4 is 9.47 Å². The van der Waals surface area contributed by atoms with Gasteiger partial charge in [-0.2, -0.15) is 0 Å². The van der Waals surface area contributed by atoms with E-state index >= 15 is 0 Å². The van der Waals surface area contributed by atoms with Crippen LogP contribution in [0.25, 0.3) is 180 Å². The van der Waals surface area contributed by atoms with E-state index < -0.39 is 0 Å². The normalized spacial score (nSPS) is 15.4. The van der Waals surface area contributed by atoms with Crippen LogP contribution in [0, 0.1) is 0 Å². The molecule has 0 radical (unpaired) electrons. The molecule has 14 aromatic carbocycles. The molecular formula is C102H64N8O4. The SMILES string of the molecule is C1=CC2c3cc(-c4nc(-c5ccc(-c6ccccc6)cc5)nc(-c5ccc6c(c5)oc5ccccc56)n4)ccc3OC2c2c1n(-c1ccccc1)c1ccccc21.C1=CC2c3cc(-c4nc(-c5cccc(-c6ccccc6)c5)nc(-c5cccc6oc7ccccc7c56)n4)ccc3OC2c2c1n(-c1ccccc1)c1ccccc21. The molecule has 24 rings (SSSR count). The minimum absolute atomic E-state index is 0.0249. The smallest absolute Gasteiger partial charge is 0.164 e. The molecule has 0 amide bonds. The average molecular weight is 1470 g/mol. The second-order valence-corrected chi connectivity index (χ2v) is 29.4. The molecule has 4 unspecified atom stereocenters. The fraction of sp³-hybridized carbons (Fsp3) is 0.0392. The molecule has 114 heavy (non-hydrogen) atoms. The highest BCUT2D eigenvalue weighted by Gasteiger charge is 2.42. The third-order valence-electron chi connectivity index (χ3n) is 22.9. The fourth-order valence-electron chi connectivity index (χ4n) is 17.6. The lowest BCUT2D eigenvalue weighted by Crippen LogP contribution is -2.13. The summed E-state index contributed by atoms with van der Waals surface area (Å²) in [5.74, 6) is 5.37. The van der Waals surface area contributed by atoms with Crippen LogP contribution >= 0.6 is 0 Å². The third-order valence-corrected chi connectivity index (χ3v) is 22.9. The van der Waals surface area contributed by atoms with Gasteiger partial charge in [0.15, 0.2) is 34.9 Å². The molecule has 12 heteroatoms. The average Bonchev–Trinajstić information content (AvgIpc) is 1.57. The third kappa shape index (κ3) is 10.7. The van der Waals surface area contributed by atoms with E-state index in [1.54, 1.807) is 0 Å². The molecular weight excluding hydrogens is 1400 g/mol. The summed E-state index contributed by atoms with van der Waals surface area (Å²) in [4.78, 5) is 31.0. The summed E-state index contributed by atoms with van der Waals surface area (Å²) < 4.78 is 31.0. The lowest BCUT2D eigenvalue weighted by molar-refractivity contribution is 0.224. The van der Waals surface area contributed by atoms with Gasteiger partial charge >= 0.3 is 0 Å². The van der Waals surface area contributed by atoms with Gasteiger partial charge in [-0.1, -0.05) is 243 Å².